The number of halogens is 2. The minimum Gasteiger partial charge on any atom is -0.438 e. The van der Waals surface area contributed by atoms with Crippen LogP contribution in [-0.2, 0) is 0 Å². The molecule has 0 amide bonds. The Hall–Kier alpha value is -0.910. The zero-order valence-electron chi connectivity index (χ0n) is 9.73. The zero-order valence-corrected chi connectivity index (χ0v) is 12.9. The van der Waals surface area contributed by atoms with Crippen molar-refractivity contribution in [3.8, 4) is 11.6 Å². The van der Waals surface area contributed by atoms with Gasteiger partial charge < -0.3 is 10.5 Å². The minimum atomic E-state index is -0.0223. The average Bonchev–Trinajstić information content (AvgIpc) is 2.33. The summed E-state index contributed by atoms with van der Waals surface area (Å²) in [6.45, 7) is 1.92. The number of pyridine rings is 1. The first-order chi connectivity index (χ1) is 8.56. The third-order valence-corrected chi connectivity index (χ3v) is 3.51. The van der Waals surface area contributed by atoms with Gasteiger partial charge in [0, 0.05) is 22.8 Å². The molecule has 0 aliphatic carbocycles. The van der Waals surface area contributed by atoms with Crippen molar-refractivity contribution < 1.29 is 4.74 Å². The number of benzene rings is 1. The molecule has 0 aliphatic rings. The Kier molecular flexibility index (Phi) is 4.37. The predicted molar refractivity (Wildman–Crippen MR) is 78.8 cm³/mol. The number of ether oxygens (including phenoxy) is 1. The Bertz CT molecular complexity index is 541. The van der Waals surface area contributed by atoms with Crippen LogP contribution in [0.1, 0.15) is 18.5 Å². The number of rotatable bonds is 3. The van der Waals surface area contributed by atoms with Gasteiger partial charge in [-0.25, -0.2) is 4.98 Å². The Labute approximate surface area is 123 Å². The molecule has 2 N–H and O–H groups in total. The van der Waals surface area contributed by atoms with Crippen LogP contribution in [0.15, 0.2) is 45.5 Å². The molecule has 3 nitrogen and oxygen atoms in total. The second-order valence-electron chi connectivity index (χ2n) is 3.90. The van der Waals surface area contributed by atoms with E-state index in [-0.39, 0.29) is 6.04 Å². The van der Waals surface area contributed by atoms with E-state index >= 15 is 0 Å². The molecule has 18 heavy (non-hydrogen) atoms. The molecule has 0 saturated heterocycles. The van der Waals surface area contributed by atoms with Crippen LogP contribution in [0.25, 0.3) is 0 Å². The molecule has 2 rings (SSSR count). The Morgan fingerprint density at radius 3 is 2.56 bits per heavy atom. The van der Waals surface area contributed by atoms with E-state index in [4.69, 9.17) is 10.5 Å². The topological polar surface area (TPSA) is 48.1 Å². The van der Waals surface area contributed by atoms with Crippen LogP contribution >= 0.6 is 31.9 Å². The number of aromatic nitrogens is 1. The highest BCUT2D eigenvalue weighted by Crippen LogP contribution is 2.31. The van der Waals surface area contributed by atoms with Crippen LogP contribution in [0, 0.1) is 0 Å². The van der Waals surface area contributed by atoms with Crippen molar-refractivity contribution in [3.05, 3.63) is 51.0 Å². The van der Waals surface area contributed by atoms with Crippen LogP contribution in [0.2, 0.25) is 0 Å². The molecule has 0 radical (unpaired) electrons. The van der Waals surface area contributed by atoms with Crippen LogP contribution in [-0.4, -0.2) is 4.98 Å². The van der Waals surface area contributed by atoms with Crippen LogP contribution in [0.4, 0.5) is 0 Å². The molecule has 0 aliphatic heterocycles. The molecule has 0 spiro atoms. The Morgan fingerprint density at radius 1 is 1.22 bits per heavy atom. The second kappa shape index (κ2) is 5.82. The highest BCUT2D eigenvalue weighted by molar-refractivity contribution is 9.11. The van der Waals surface area contributed by atoms with E-state index in [1.54, 1.807) is 6.20 Å². The molecule has 5 heteroatoms. The van der Waals surface area contributed by atoms with Gasteiger partial charge in [-0.2, -0.15) is 0 Å². The SMILES string of the molecule is C[C@@H](N)c1ccc(Oc2ccc(Br)cc2Br)nc1. The highest BCUT2D eigenvalue weighted by atomic mass is 79.9. The smallest absolute Gasteiger partial charge is 0.219 e. The first-order valence-corrected chi connectivity index (χ1v) is 6.99. The molecule has 1 aromatic carbocycles. The number of nitrogens with two attached hydrogens (primary N) is 1. The first kappa shape index (κ1) is 13.5. The molecule has 94 valence electrons. The summed E-state index contributed by atoms with van der Waals surface area (Å²) in [7, 11) is 0. The maximum absolute atomic E-state index is 5.76. The quantitative estimate of drug-likeness (QED) is 0.868. The fourth-order valence-electron chi connectivity index (χ4n) is 1.39. The van der Waals surface area contributed by atoms with Crippen molar-refractivity contribution in [3.63, 3.8) is 0 Å². The molecular formula is C13H12Br2N2O. The maximum Gasteiger partial charge on any atom is 0.219 e. The molecule has 2 aromatic rings. The first-order valence-electron chi connectivity index (χ1n) is 5.40. The summed E-state index contributed by atoms with van der Waals surface area (Å²) < 4.78 is 7.54. The number of nitrogens with zero attached hydrogens (tertiary/aromatic N) is 1. The van der Waals surface area contributed by atoms with Crippen molar-refractivity contribution in [2.24, 2.45) is 5.73 Å². The third kappa shape index (κ3) is 3.31. The van der Waals surface area contributed by atoms with Gasteiger partial charge in [0.05, 0.1) is 4.47 Å². The van der Waals surface area contributed by atoms with Gasteiger partial charge in [0.15, 0.2) is 0 Å². The van der Waals surface area contributed by atoms with Crippen LogP contribution in [0.3, 0.4) is 0 Å². The summed E-state index contributed by atoms with van der Waals surface area (Å²) in [5.74, 6) is 1.27. The molecule has 1 atom stereocenters. The van der Waals surface area contributed by atoms with Crippen molar-refractivity contribution in [2.75, 3.05) is 0 Å². The maximum atomic E-state index is 5.76. The van der Waals surface area contributed by atoms with Gasteiger partial charge >= 0.3 is 0 Å². The fourth-order valence-corrected chi connectivity index (χ4v) is 2.52. The largest absolute Gasteiger partial charge is 0.438 e. The summed E-state index contributed by atoms with van der Waals surface area (Å²) in [6, 6.07) is 9.41. The lowest BCUT2D eigenvalue weighted by molar-refractivity contribution is 0.459. The monoisotopic (exact) mass is 370 g/mol. The van der Waals surface area contributed by atoms with Crippen molar-refractivity contribution in [2.45, 2.75) is 13.0 Å². The van der Waals surface area contributed by atoms with Gasteiger partial charge in [0.25, 0.3) is 0 Å². The number of hydrogen-bond donors (Lipinski definition) is 1. The number of hydrogen-bond acceptors (Lipinski definition) is 3. The molecule has 0 bridgehead atoms. The molecule has 0 unspecified atom stereocenters. The van der Waals surface area contributed by atoms with Gasteiger partial charge in [-0.15, -0.1) is 0 Å². The Balaban J connectivity index is 2.18. The third-order valence-electron chi connectivity index (χ3n) is 2.39. The lowest BCUT2D eigenvalue weighted by Crippen LogP contribution is -2.05. The lowest BCUT2D eigenvalue weighted by Gasteiger charge is -2.09. The van der Waals surface area contributed by atoms with Crippen molar-refractivity contribution in [1.29, 1.82) is 0 Å². The average molecular weight is 372 g/mol. The summed E-state index contributed by atoms with van der Waals surface area (Å²) >= 11 is 6.83. The molecular weight excluding hydrogens is 360 g/mol. The van der Waals surface area contributed by atoms with Crippen LogP contribution in [0.5, 0.6) is 11.6 Å². The van der Waals surface area contributed by atoms with E-state index in [0.29, 0.717) is 5.88 Å². The summed E-state index contributed by atoms with van der Waals surface area (Å²) in [5, 5.41) is 0. The van der Waals surface area contributed by atoms with Gasteiger partial charge in [0.2, 0.25) is 5.88 Å². The lowest BCUT2D eigenvalue weighted by atomic mass is 10.2. The second-order valence-corrected chi connectivity index (χ2v) is 5.67. The van der Waals surface area contributed by atoms with Gasteiger partial charge in [0.1, 0.15) is 5.75 Å². The van der Waals surface area contributed by atoms with Gasteiger partial charge in [-0.3, -0.25) is 0 Å². The summed E-state index contributed by atoms with van der Waals surface area (Å²) in [6.07, 6.45) is 1.73. The predicted octanol–water partition coefficient (Wildman–Crippen LogP) is 4.42. The fraction of sp³-hybridized carbons (Fsp3) is 0.154. The van der Waals surface area contributed by atoms with Crippen LogP contribution < -0.4 is 10.5 Å². The standard InChI is InChI=1S/C13H12Br2N2O/c1-8(16)9-2-5-13(17-7-9)18-12-4-3-10(14)6-11(12)15/h2-8H,16H2,1H3/t8-/m1/s1. The highest BCUT2D eigenvalue weighted by Gasteiger charge is 2.05. The summed E-state index contributed by atoms with van der Waals surface area (Å²) in [5.41, 5.74) is 6.75. The van der Waals surface area contributed by atoms with Gasteiger partial charge in [-0.05, 0) is 46.6 Å². The van der Waals surface area contributed by atoms with E-state index in [1.165, 1.54) is 0 Å². The van der Waals surface area contributed by atoms with E-state index in [0.717, 1.165) is 20.3 Å². The van der Waals surface area contributed by atoms with Crippen molar-refractivity contribution in [1.82, 2.24) is 4.98 Å². The molecule has 1 aromatic heterocycles. The van der Waals surface area contributed by atoms with E-state index in [2.05, 4.69) is 36.8 Å². The zero-order chi connectivity index (χ0) is 13.1. The Morgan fingerprint density at radius 2 is 2.00 bits per heavy atom. The van der Waals surface area contributed by atoms with E-state index in [9.17, 15) is 0 Å². The molecule has 0 saturated carbocycles. The van der Waals surface area contributed by atoms with E-state index < -0.39 is 0 Å². The minimum absolute atomic E-state index is 0.0223. The molecule has 1 heterocycles. The van der Waals surface area contributed by atoms with E-state index in [1.807, 2.05) is 37.3 Å². The van der Waals surface area contributed by atoms with Crippen molar-refractivity contribution >= 4 is 31.9 Å². The van der Waals surface area contributed by atoms with Gasteiger partial charge in [-0.1, -0.05) is 22.0 Å². The normalized spacial score (nSPS) is 12.2. The summed E-state index contributed by atoms with van der Waals surface area (Å²) in [4.78, 5) is 4.22. The molecule has 0 fully saturated rings.